The molecule has 0 N–H and O–H groups in total. The van der Waals surface area contributed by atoms with Crippen molar-refractivity contribution >= 4 is 28.5 Å². The highest BCUT2D eigenvalue weighted by Gasteiger charge is 2.40. The molecule has 0 aliphatic carbocycles. The van der Waals surface area contributed by atoms with Gasteiger partial charge in [-0.25, -0.2) is 0 Å². The molecule has 0 aliphatic heterocycles. The number of Topliss-reactive ketones (excluding diaryl/α,β-unsaturated/α-hetero) is 1. The minimum atomic E-state index is -5.13. The van der Waals surface area contributed by atoms with E-state index in [1.165, 1.54) is 64.2 Å². The van der Waals surface area contributed by atoms with E-state index in [0.29, 0.717) is 11.8 Å². The quantitative estimate of drug-likeness (QED) is 0.0560. The van der Waals surface area contributed by atoms with E-state index in [1.54, 1.807) is 12.1 Å². The largest absolute Gasteiger partial charge is 0.454 e. The monoisotopic (exact) mass is 562 g/mol. The maximum absolute atomic E-state index is 12.7. The summed E-state index contributed by atoms with van der Waals surface area (Å²) in [6.45, 7) is 6.36. The van der Waals surface area contributed by atoms with Crippen LogP contribution in [0.3, 0.4) is 0 Å². The number of anilines is 1. The Bertz CT molecular complexity index is 1070. The third-order valence-electron chi connectivity index (χ3n) is 6.74. The van der Waals surface area contributed by atoms with Crippen LogP contribution in [-0.4, -0.2) is 30.0 Å². The number of hydrogen-bond donors (Lipinski definition) is 0. The van der Waals surface area contributed by atoms with E-state index in [1.807, 2.05) is 12.1 Å². The van der Waals surface area contributed by atoms with E-state index in [4.69, 9.17) is 0 Å². The van der Waals surface area contributed by atoms with Crippen LogP contribution in [0.15, 0.2) is 52.7 Å². The van der Waals surface area contributed by atoms with Gasteiger partial charge in [0.1, 0.15) is 0 Å². The van der Waals surface area contributed by atoms with Gasteiger partial charge < -0.3 is 4.90 Å². The number of halogens is 3. The van der Waals surface area contributed by atoms with Crippen LogP contribution in [0.1, 0.15) is 101 Å². The summed E-state index contributed by atoms with van der Waals surface area (Å²) in [6, 6.07) is 9.86. The fourth-order valence-electron chi connectivity index (χ4n) is 4.44. The van der Waals surface area contributed by atoms with Crippen molar-refractivity contribution in [2.45, 2.75) is 97.1 Å². The van der Waals surface area contributed by atoms with Crippen LogP contribution in [0, 0.1) is 10.1 Å². The Labute approximate surface area is 235 Å². The molecular formula is C30H41F3N4O3. The second kappa shape index (κ2) is 17.4. The van der Waals surface area contributed by atoms with Crippen LogP contribution in [0.25, 0.3) is 0 Å². The number of ketones is 1. The fraction of sp³-hybridized carbons (Fsp3) is 0.567. The third kappa shape index (κ3) is 11.4. The van der Waals surface area contributed by atoms with Gasteiger partial charge in [-0.05, 0) is 49.2 Å². The number of carbonyl (C=O) groups excluding carboxylic acids is 1. The van der Waals surface area contributed by atoms with Crippen molar-refractivity contribution < 1.29 is 22.9 Å². The maximum atomic E-state index is 12.7. The molecule has 10 heteroatoms. The highest BCUT2D eigenvalue weighted by atomic mass is 19.4. The lowest BCUT2D eigenvalue weighted by atomic mass is 10.1. The smallest absolute Gasteiger partial charge is 0.372 e. The molecule has 0 fully saturated rings. The molecule has 0 aromatic heterocycles. The summed E-state index contributed by atoms with van der Waals surface area (Å²) in [6.07, 6.45) is 9.55. The van der Waals surface area contributed by atoms with Crippen molar-refractivity contribution in [3.8, 4) is 0 Å². The first-order valence-electron chi connectivity index (χ1n) is 14.3. The summed E-state index contributed by atoms with van der Waals surface area (Å²) in [7, 11) is 0. The number of hydrogen-bond acceptors (Lipinski definition) is 6. The van der Waals surface area contributed by atoms with Gasteiger partial charge in [-0.2, -0.15) is 18.3 Å². The van der Waals surface area contributed by atoms with Crippen LogP contribution in [0.2, 0.25) is 0 Å². The zero-order chi connectivity index (χ0) is 29.4. The van der Waals surface area contributed by atoms with Crippen LogP contribution in [0.4, 0.5) is 35.9 Å². The fourth-order valence-corrected chi connectivity index (χ4v) is 4.44. The molecule has 0 saturated heterocycles. The molecule has 0 saturated carbocycles. The van der Waals surface area contributed by atoms with Crippen LogP contribution in [0.5, 0.6) is 0 Å². The molecule has 0 amide bonds. The molecule has 0 heterocycles. The summed E-state index contributed by atoms with van der Waals surface area (Å²) in [5.74, 6) is -2.15. The molecule has 220 valence electrons. The number of nitro groups is 1. The van der Waals surface area contributed by atoms with Gasteiger partial charge in [-0.3, -0.25) is 14.9 Å². The van der Waals surface area contributed by atoms with E-state index in [0.717, 1.165) is 43.8 Å². The Hall–Kier alpha value is -3.30. The molecule has 2 aromatic carbocycles. The highest BCUT2D eigenvalue weighted by Crippen LogP contribution is 2.32. The predicted octanol–water partition coefficient (Wildman–Crippen LogP) is 10.3. The molecule has 40 heavy (non-hydrogen) atoms. The number of rotatable bonds is 19. The lowest BCUT2D eigenvalue weighted by Gasteiger charge is -2.25. The minimum absolute atomic E-state index is 0.236. The molecule has 0 spiro atoms. The van der Waals surface area contributed by atoms with Crippen molar-refractivity contribution in [3.63, 3.8) is 0 Å². The van der Waals surface area contributed by atoms with Crippen LogP contribution >= 0.6 is 0 Å². The number of nitro benzene ring substituents is 1. The molecule has 2 aromatic rings. The minimum Gasteiger partial charge on any atom is -0.372 e. The van der Waals surface area contributed by atoms with Gasteiger partial charge in [-0.1, -0.05) is 78.1 Å². The Morgan fingerprint density at radius 2 is 1.32 bits per heavy atom. The zero-order valence-corrected chi connectivity index (χ0v) is 23.6. The Morgan fingerprint density at radius 3 is 1.82 bits per heavy atom. The molecule has 0 unspecified atom stereocenters. The van der Waals surface area contributed by atoms with Gasteiger partial charge in [0.05, 0.1) is 10.6 Å². The van der Waals surface area contributed by atoms with Crippen molar-refractivity contribution in [1.82, 2.24) is 0 Å². The summed E-state index contributed by atoms with van der Waals surface area (Å²) in [4.78, 5) is 24.4. The summed E-state index contributed by atoms with van der Waals surface area (Å²) in [5.41, 5.74) is -0.256. The maximum Gasteiger partial charge on any atom is 0.454 e. The second-order valence-corrected chi connectivity index (χ2v) is 10.0. The van der Waals surface area contributed by atoms with Gasteiger partial charge >= 0.3 is 6.18 Å². The molecule has 7 nitrogen and oxygen atoms in total. The van der Waals surface area contributed by atoms with Crippen molar-refractivity contribution in [2.24, 2.45) is 10.2 Å². The van der Waals surface area contributed by atoms with E-state index in [9.17, 15) is 28.1 Å². The molecular weight excluding hydrogens is 521 g/mol. The average Bonchev–Trinajstić information content (AvgIpc) is 2.93. The summed E-state index contributed by atoms with van der Waals surface area (Å²) in [5, 5.41) is 19.3. The van der Waals surface area contributed by atoms with E-state index in [-0.39, 0.29) is 5.69 Å². The molecule has 0 atom stereocenters. The number of benzene rings is 2. The Morgan fingerprint density at radius 1 is 0.800 bits per heavy atom. The standard InChI is InChI=1S/C30H41F3N4O3/c1-3-5-7-9-11-13-21-36(22-14-12-10-8-6-4-2)26-18-16-25(17-19-26)34-35-27-20-15-24(23-28(27)37(39)40)29(38)30(31,32)33/h15-20,23H,3-14,21-22H2,1-2H3. The molecule has 0 radical (unpaired) electrons. The Kier molecular flexibility index (Phi) is 14.3. The van der Waals surface area contributed by atoms with Gasteiger partial charge in [-0.15, -0.1) is 5.11 Å². The summed E-state index contributed by atoms with van der Waals surface area (Å²) < 4.78 is 38.2. The van der Waals surface area contributed by atoms with E-state index < -0.39 is 28.1 Å². The first-order valence-corrected chi connectivity index (χ1v) is 14.3. The van der Waals surface area contributed by atoms with Gasteiger partial charge in [0.2, 0.25) is 0 Å². The molecule has 0 aliphatic rings. The third-order valence-corrected chi connectivity index (χ3v) is 6.74. The lowest BCUT2D eigenvalue weighted by molar-refractivity contribution is -0.384. The van der Waals surface area contributed by atoms with Crippen molar-refractivity contribution in [1.29, 1.82) is 0 Å². The number of unbranched alkanes of at least 4 members (excludes halogenated alkanes) is 10. The topological polar surface area (TPSA) is 88.2 Å². The van der Waals surface area contributed by atoms with Gasteiger partial charge in [0.15, 0.2) is 5.69 Å². The van der Waals surface area contributed by atoms with Crippen LogP contribution < -0.4 is 4.90 Å². The van der Waals surface area contributed by atoms with E-state index in [2.05, 4.69) is 29.0 Å². The number of nitrogens with zero attached hydrogens (tertiary/aromatic N) is 4. The first-order chi connectivity index (χ1) is 19.2. The predicted molar refractivity (Wildman–Crippen MR) is 153 cm³/mol. The number of alkyl halides is 3. The average molecular weight is 563 g/mol. The van der Waals surface area contributed by atoms with Crippen molar-refractivity contribution in [2.75, 3.05) is 18.0 Å². The van der Waals surface area contributed by atoms with Gasteiger partial charge in [0, 0.05) is 30.4 Å². The molecule has 0 bridgehead atoms. The second-order valence-electron chi connectivity index (χ2n) is 10.0. The normalized spacial score (nSPS) is 11.7. The molecule has 2 rings (SSSR count). The number of carbonyl (C=O) groups is 1. The first kappa shape index (κ1) is 32.9. The SMILES string of the molecule is CCCCCCCCN(CCCCCCCC)c1ccc(N=Nc2ccc(C(=O)C(F)(F)F)cc2[N+](=O)[O-])cc1. The zero-order valence-electron chi connectivity index (χ0n) is 23.6. The lowest BCUT2D eigenvalue weighted by Crippen LogP contribution is -2.25. The van der Waals surface area contributed by atoms with Crippen molar-refractivity contribution in [3.05, 3.63) is 58.1 Å². The van der Waals surface area contributed by atoms with Crippen LogP contribution in [-0.2, 0) is 0 Å². The number of azo groups is 1. The van der Waals surface area contributed by atoms with E-state index >= 15 is 0 Å². The highest BCUT2D eigenvalue weighted by molar-refractivity contribution is 6.01. The summed E-state index contributed by atoms with van der Waals surface area (Å²) >= 11 is 0. The Balaban J connectivity index is 2.09. The van der Waals surface area contributed by atoms with Gasteiger partial charge in [0.25, 0.3) is 11.5 Å².